The minimum Gasteiger partial charge on any atom is -0.400 e. The maximum Gasteiger partial charge on any atom is 0.489 e. The van der Waals surface area contributed by atoms with Crippen LogP contribution in [0.3, 0.4) is 0 Å². The Morgan fingerprint density at radius 3 is 2.47 bits per heavy atom. The van der Waals surface area contributed by atoms with Crippen LogP contribution in [0.1, 0.15) is 85.9 Å². The average molecular weight is 471 g/mol. The highest BCUT2D eigenvalue weighted by atomic mass is 16.7. The summed E-state index contributed by atoms with van der Waals surface area (Å²) in [5, 5.41) is 3.88. The quantitative estimate of drug-likeness (QED) is 0.435. The number of hydrogen-bond acceptors (Lipinski definition) is 7. The molecule has 1 aromatic rings. The first-order chi connectivity index (χ1) is 15.8. The third kappa shape index (κ3) is 6.12. The van der Waals surface area contributed by atoms with Crippen molar-refractivity contribution >= 4 is 18.7 Å². The maximum absolute atomic E-state index is 12.4. The number of allylic oxidation sites excluding steroid dienone is 2. The molecule has 186 valence electrons. The molecule has 9 heteroatoms. The Hall–Kier alpha value is -2.10. The highest BCUT2D eigenvalue weighted by molar-refractivity contribution is 6.54. The molecule has 0 bridgehead atoms. The summed E-state index contributed by atoms with van der Waals surface area (Å²) >= 11 is 0. The van der Waals surface area contributed by atoms with E-state index in [1.165, 1.54) is 6.08 Å². The summed E-state index contributed by atoms with van der Waals surface area (Å²) in [4.78, 5) is 20.9. The van der Waals surface area contributed by atoms with Crippen molar-refractivity contribution in [1.29, 1.82) is 0 Å². The molecule has 2 fully saturated rings. The van der Waals surface area contributed by atoms with Gasteiger partial charge in [0.2, 0.25) is 5.89 Å². The van der Waals surface area contributed by atoms with Crippen LogP contribution in [0.2, 0.25) is 0 Å². The van der Waals surface area contributed by atoms with Crippen molar-refractivity contribution in [2.75, 3.05) is 0 Å². The predicted octanol–water partition coefficient (Wildman–Crippen LogP) is 4.79. The third-order valence-electron chi connectivity index (χ3n) is 7.04. The number of carbonyl (C=O) groups is 1. The standard InChI is InChI=1S/C25H38BN3O5/c1-15(23-27-19(5)32-29-23)10-13-22(30)28-20-14-16(2)21(31-18(20)4)12-11-17(3)26-33-24(6,7)25(8,9)34-26/h10-11,13,15-16,18,21H,12,14H2,1-9H3/b13-10-,17-11+,28-20?/t15-,16-,18+,21-/m0/s1. The molecule has 0 saturated carbocycles. The Labute approximate surface area is 203 Å². The second kappa shape index (κ2) is 10.3. The summed E-state index contributed by atoms with van der Waals surface area (Å²) < 4.78 is 23.5. The lowest BCUT2D eigenvalue weighted by Crippen LogP contribution is -2.41. The van der Waals surface area contributed by atoms with E-state index in [0.29, 0.717) is 18.1 Å². The molecule has 3 heterocycles. The number of aliphatic imine (C=N–C) groups is 1. The largest absolute Gasteiger partial charge is 0.489 e. The van der Waals surface area contributed by atoms with E-state index >= 15 is 0 Å². The topological polar surface area (TPSA) is 96.0 Å². The average Bonchev–Trinajstić information content (AvgIpc) is 3.27. The van der Waals surface area contributed by atoms with Crippen molar-refractivity contribution in [3.8, 4) is 0 Å². The maximum atomic E-state index is 12.4. The first kappa shape index (κ1) is 26.5. The number of amides is 1. The number of hydrogen-bond donors (Lipinski definition) is 0. The summed E-state index contributed by atoms with van der Waals surface area (Å²) in [6, 6.07) is 0. The smallest absolute Gasteiger partial charge is 0.400 e. The van der Waals surface area contributed by atoms with Crippen LogP contribution in [0.25, 0.3) is 0 Å². The van der Waals surface area contributed by atoms with Crippen molar-refractivity contribution in [2.45, 2.75) is 104 Å². The van der Waals surface area contributed by atoms with Gasteiger partial charge in [-0.15, -0.1) is 0 Å². The number of rotatable bonds is 6. The highest BCUT2D eigenvalue weighted by Crippen LogP contribution is 2.38. The fourth-order valence-corrected chi connectivity index (χ4v) is 3.95. The van der Waals surface area contributed by atoms with Crippen LogP contribution < -0.4 is 0 Å². The Morgan fingerprint density at radius 1 is 1.24 bits per heavy atom. The van der Waals surface area contributed by atoms with Gasteiger partial charge in [-0.2, -0.15) is 4.98 Å². The van der Waals surface area contributed by atoms with E-state index in [4.69, 9.17) is 18.6 Å². The predicted molar refractivity (Wildman–Crippen MR) is 132 cm³/mol. The van der Waals surface area contributed by atoms with Crippen LogP contribution in [0, 0.1) is 12.8 Å². The minimum atomic E-state index is -0.357. The van der Waals surface area contributed by atoms with Gasteiger partial charge >= 0.3 is 7.12 Å². The van der Waals surface area contributed by atoms with Gasteiger partial charge in [0.1, 0.15) is 0 Å². The van der Waals surface area contributed by atoms with E-state index < -0.39 is 0 Å². The van der Waals surface area contributed by atoms with Gasteiger partial charge in [0.15, 0.2) is 5.82 Å². The van der Waals surface area contributed by atoms with E-state index in [1.807, 2.05) is 20.8 Å². The molecular formula is C25H38BN3O5. The van der Waals surface area contributed by atoms with E-state index in [1.54, 1.807) is 13.0 Å². The Morgan fingerprint density at radius 2 is 1.88 bits per heavy atom. The minimum absolute atomic E-state index is 0.0402. The van der Waals surface area contributed by atoms with Crippen LogP contribution >= 0.6 is 0 Å². The third-order valence-corrected chi connectivity index (χ3v) is 7.04. The SMILES string of the molecule is C/C(=C\C[C@@H]1O[C@H](C)C(=NC(=O)/C=C\[C@H](C)c2noc(C)n2)C[C@@H]1C)B1OC(C)(C)C(C)(C)O1. The van der Waals surface area contributed by atoms with E-state index in [0.717, 1.165) is 17.6 Å². The van der Waals surface area contributed by atoms with E-state index in [2.05, 4.69) is 55.8 Å². The van der Waals surface area contributed by atoms with Gasteiger partial charge in [-0.25, -0.2) is 4.99 Å². The molecule has 2 aliphatic heterocycles. The molecule has 0 unspecified atom stereocenters. The molecule has 0 aromatic carbocycles. The molecule has 8 nitrogen and oxygen atoms in total. The molecule has 0 N–H and O–H groups in total. The number of ether oxygens (including phenoxy) is 1. The fraction of sp³-hybridized carbons (Fsp3) is 0.680. The first-order valence-electron chi connectivity index (χ1n) is 12.1. The number of nitrogens with zero attached hydrogens (tertiary/aromatic N) is 3. The zero-order valence-corrected chi connectivity index (χ0v) is 21.9. The molecule has 3 rings (SSSR count). The van der Waals surface area contributed by atoms with Crippen LogP contribution in [0.15, 0.2) is 33.2 Å². The molecule has 0 aliphatic carbocycles. The van der Waals surface area contributed by atoms with Crippen LogP contribution in [-0.2, 0) is 18.8 Å². The molecule has 2 aliphatic rings. The van der Waals surface area contributed by atoms with Gasteiger partial charge in [-0.05, 0) is 65.8 Å². The Kier molecular flexibility index (Phi) is 8.00. The Balaban J connectivity index is 1.56. The van der Waals surface area contributed by atoms with Gasteiger partial charge in [-0.3, -0.25) is 4.79 Å². The molecule has 1 aromatic heterocycles. The lowest BCUT2D eigenvalue weighted by Gasteiger charge is -2.34. The van der Waals surface area contributed by atoms with Crippen molar-refractivity contribution in [3.05, 3.63) is 35.4 Å². The van der Waals surface area contributed by atoms with Gasteiger partial charge < -0.3 is 18.6 Å². The van der Waals surface area contributed by atoms with Crippen LogP contribution in [0.5, 0.6) is 0 Å². The molecule has 34 heavy (non-hydrogen) atoms. The Bertz CT molecular complexity index is 965. The number of aryl methyl sites for hydroxylation is 1. The van der Waals surface area contributed by atoms with E-state index in [-0.39, 0.29) is 48.3 Å². The molecule has 1 amide bonds. The molecule has 0 radical (unpaired) electrons. The lowest BCUT2D eigenvalue weighted by atomic mass is 9.78. The lowest BCUT2D eigenvalue weighted by molar-refractivity contribution is -0.113. The monoisotopic (exact) mass is 471 g/mol. The van der Waals surface area contributed by atoms with Crippen molar-refractivity contribution in [2.24, 2.45) is 10.9 Å². The second-order valence-electron chi connectivity index (χ2n) is 10.5. The van der Waals surface area contributed by atoms with Crippen molar-refractivity contribution < 1.29 is 23.4 Å². The van der Waals surface area contributed by atoms with E-state index in [9.17, 15) is 4.79 Å². The first-order valence-corrected chi connectivity index (χ1v) is 12.1. The van der Waals surface area contributed by atoms with Crippen molar-refractivity contribution in [1.82, 2.24) is 10.1 Å². The van der Waals surface area contributed by atoms with Gasteiger partial charge in [0.05, 0.1) is 29.1 Å². The summed E-state index contributed by atoms with van der Waals surface area (Å²) in [7, 11) is -0.346. The van der Waals surface area contributed by atoms with Crippen LogP contribution in [-0.4, -0.2) is 52.3 Å². The summed E-state index contributed by atoms with van der Waals surface area (Å²) in [5.41, 5.74) is 1.11. The van der Waals surface area contributed by atoms with Gasteiger partial charge in [0, 0.05) is 18.9 Å². The highest BCUT2D eigenvalue weighted by Gasteiger charge is 2.51. The summed E-state index contributed by atoms with van der Waals surface area (Å²) in [6.45, 7) is 18.0. The summed E-state index contributed by atoms with van der Waals surface area (Å²) in [5.74, 6) is 0.836. The van der Waals surface area contributed by atoms with Crippen LogP contribution in [0.4, 0.5) is 0 Å². The van der Waals surface area contributed by atoms with Gasteiger partial charge in [0.25, 0.3) is 5.91 Å². The zero-order valence-electron chi connectivity index (χ0n) is 21.9. The molecule has 0 spiro atoms. The summed E-state index contributed by atoms with van der Waals surface area (Å²) in [6.07, 6.45) is 6.63. The van der Waals surface area contributed by atoms with Gasteiger partial charge in [-0.1, -0.05) is 31.2 Å². The second-order valence-corrected chi connectivity index (χ2v) is 10.5. The van der Waals surface area contributed by atoms with Crippen molar-refractivity contribution in [3.63, 3.8) is 0 Å². The molecule has 4 atom stereocenters. The zero-order chi connectivity index (χ0) is 25.3. The number of aromatic nitrogens is 2. The fourth-order valence-electron chi connectivity index (χ4n) is 3.95. The number of carbonyl (C=O) groups excluding carboxylic acids is 1. The molecular weight excluding hydrogens is 433 g/mol. The normalized spacial score (nSPS) is 29.2. The molecule has 2 saturated heterocycles.